The highest BCUT2D eigenvalue weighted by molar-refractivity contribution is 7.91. The molecule has 9 heteroatoms. The van der Waals surface area contributed by atoms with Crippen molar-refractivity contribution in [1.29, 1.82) is 0 Å². The van der Waals surface area contributed by atoms with Gasteiger partial charge >= 0.3 is 0 Å². The summed E-state index contributed by atoms with van der Waals surface area (Å²) in [5.41, 5.74) is 5.96. The summed E-state index contributed by atoms with van der Waals surface area (Å²) in [5, 5.41) is 0. The Bertz CT molecular complexity index is 756. The Hall–Kier alpha value is -1.03. The summed E-state index contributed by atoms with van der Waals surface area (Å²) >= 11 is 4.82. The minimum atomic E-state index is -3.58. The topological polar surface area (TPSA) is 97.5 Å². The molecule has 0 saturated carbocycles. The molecule has 0 aliphatic carbocycles. The van der Waals surface area contributed by atoms with Gasteiger partial charge < -0.3 is 5.73 Å². The number of thiocarbonyl (C=S) groups is 1. The monoisotopic (exact) mass is 348 g/mol. The number of rotatable bonds is 5. The zero-order valence-corrected chi connectivity index (χ0v) is 13.7. The summed E-state index contributed by atoms with van der Waals surface area (Å²) in [6, 6.07) is 6.06. The zero-order chi connectivity index (χ0) is 15.7. The van der Waals surface area contributed by atoms with Gasteiger partial charge in [-0.15, -0.1) is 0 Å². The van der Waals surface area contributed by atoms with Crippen LogP contribution in [0.5, 0.6) is 0 Å². The lowest BCUT2D eigenvalue weighted by molar-refractivity contribution is 0.461. The van der Waals surface area contributed by atoms with Gasteiger partial charge in [0.2, 0.25) is 10.0 Å². The Morgan fingerprint density at radius 3 is 2.67 bits per heavy atom. The van der Waals surface area contributed by atoms with Gasteiger partial charge in [-0.1, -0.05) is 24.4 Å². The molecule has 2 rings (SSSR count). The van der Waals surface area contributed by atoms with E-state index in [9.17, 15) is 16.8 Å². The van der Waals surface area contributed by atoms with Gasteiger partial charge in [-0.05, 0) is 18.6 Å². The third-order valence-electron chi connectivity index (χ3n) is 3.29. The molecular formula is C12H16N2O4S3. The summed E-state index contributed by atoms with van der Waals surface area (Å²) in [5.74, 6) is -0.170. The lowest BCUT2D eigenvalue weighted by atomic mass is 10.2. The maximum Gasteiger partial charge on any atom is 0.214 e. The molecule has 21 heavy (non-hydrogen) atoms. The van der Waals surface area contributed by atoms with Crippen molar-refractivity contribution in [1.82, 2.24) is 4.31 Å². The highest BCUT2D eigenvalue weighted by Gasteiger charge is 2.29. The highest BCUT2D eigenvalue weighted by Crippen LogP contribution is 2.17. The van der Waals surface area contributed by atoms with Gasteiger partial charge in [0.15, 0.2) is 9.84 Å². The molecule has 0 bridgehead atoms. The van der Waals surface area contributed by atoms with Gasteiger partial charge in [-0.2, -0.15) is 0 Å². The Balaban J connectivity index is 2.15. The molecule has 0 amide bonds. The molecular weight excluding hydrogens is 332 g/mol. The molecule has 116 valence electrons. The SMILES string of the molecule is NC(=S)c1cccc(S(=O)(=O)CCN2CCCS2(=O)=O)c1. The quantitative estimate of drug-likeness (QED) is 0.760. The van der Waals surface area contributed by atoms with Crippen LogP contribution < -0.4 is 5.73 Å². The van der Waals surface area contributed by atoms with Crippen LogP contribution in [0.4, 0.5) is 0 Å². The van der Waals surface area contributed by atoms with E-state index in [2.05, 4.69) is 0 Å². The van der Waals surface area contributed by atoms with Crippen LogP contribution in [0.3, 0.4) is 0 Å². The van der Waals surface area contributed by atoms with Crippen molar-refractivity contribution in [2.24, 2.45) is 5.73 Å². The molecule has 0 spiro atoms. The van der Waals surface area contributed by atoms with E-state index < -0.39 is 19.9 Å². The third kappa shape index (κ3) is 3.79. The van der Waals surface area contributed by atoms with Gasteiger partial charge in [0.25, 0.3) is 0 Å². The van der Waals surface area contributed by atoms with E-state index in [1.54, 1.807) is 12.1 Å². The van der Waals surface area contributed by atoms with Crippen LogP contribution in [0.25, 0.3) is 0 Å². The molecule has 0 unspecified atom stereocenters. The number of nitrogens with two attached hydrogens (primary N) is 1. The van der Waals surface area contributed by atoms with Gasteiger partial charge in [0.05, 0.1) is 16.4 Å². The molecule has 1 aromatic carbocycles. The minimum Gasteiger partial charge on any atom is -0.389 e. The summed E-state index contributed by atoms with van der Waals surface area (Å²) in [4.78, 5) is 0.221. The lowest BCUT2D eigenvalue weighted by Crippen LogP contribution is -2.31. The van der Waals surface area contributed by atoms with Gasteiger partial charge in [0, 0.05) is 18.7 Å². The minimum absolute atomic E-state index is 0.0258. The first kappa shape index (κ1) is 16.3. The van der Waals surface area contributed by atoms with E-state index in [4.69, 9.17) is 18.0 Å². The lowest BCUT2D eigenvalue weighted by Gasteiger charge is -2.14. The maximum absolute atomic E-state index is 12.3. The fraction of sp³-hybridized carbons (Fsp3) is 0.417. The molecule has 0 radical (unpaired) electrons. The number of hydrogen-bond acceptors (Lipinski definition) is 5. The number of sulfone groups is 1. The first-order valence-corrected chi connectivity index (χ1v) is 10.00. The Labute approximate surface area is 129 Å². The fourth-order valence-corrected chi connectivity index (χ4v) is 5.19. The predicted octanol–water partition coefficient (Wildman–Crippen LogP) is 0.130. The molecule has 6 nitrogen and oxygen atoms in total. The molecule has 1 aromatic rings. The van der Waals surface area contributed by atoms with E-state index in [0.29, 0.717) is 18.5 Å². The Morgan fingerprint density at radius 1 is 1.38 bits per heavy atom. The van der Waals surface area contributed by atoms with Crippen LogP contribution in [0.15, 0.2) is 29.2 Å². The van der Waals surface area contributed by atoms with E-state index in [-0.39, 0.29) is 27.9 Å². The first-order chi connectivity index (χ1) is 9.72. The number of benzene rings is 1. The maximum atomic E-state index is 12.3. The van der Waals surface area contributed by atoms with Crippen molar-refractivity contribution >= 4 is 37.1 Å². The Kier molecular flexibility index (Phi) is 4.66. The van der Waals surface area contributed by atoms with E-state index in [1.807, 2.05) is 0 Å². The molecule has 0 atom stereocenters. The standard InChI is InChI=1S/C12H16N2O4S3/c13-12(19)10-3-1-4-11(9-10)20(15,16)8-6-14-5-2-7-21(14,17)18/h1,3-4,9H,2,5-8H2,(H2,13,19). The average Bonchev–Trinajstić information content (AvgIpc) is 2.75. The molecule has 1 aliphatic rings. The summed E-state index contributed by atoms with van der Waals surface area (Å²) < 4.78 is 49.1. The average molecular weight is 348 g/mol. The van der Waals surface area contributed by atoms with Crippen molar-refractivity contribution in [2.45, 2.75) is 11.3 Å². The molecule has 2 N–H and O–H groups in total. The number of hydrogen-bond donors (Lipinski definition) is 1. The van der Waals surface area contributed by atoms with Crippen molar-refractivity contribution in [3.63, 3.8) is 0 Å². The normalized spacial score (nSPS) is 18.7. The van der Waals surface area contributed by atoms with Crippen LogP contribution in [-0.2, 0) is 19.9 Å². The second kappa shape index (κ2) is 5.99. The van der Waals surface area contributed by atoms with Gasteiger partial charge in [-0.25, -0.2) is 21.1 Å². The van der Waals surface area contributed by atoms with Crippen molar-refractivity contribution < 1.29 is 16.8 Å². The van der Waals surface area contributed by atoms with E-state index in [1.165, 1.54) is 16.4 Å². The largest absolute Gasteiger partial charge is 0.389 e. The predicted molar refractivity (Wildman–Crippen MR) is 84.4 cm³/mol. The molecule has 1 fully saturated rings. The van der Waals surface area contributed by atoms with Crippen LogP contribution >= 0.6 is 12.2 Å². The fourth-order valence-electron chi connectivity index (χ4n) is 2.13. The molecule has 1 saturated heterocycles. The van der Waals surface area contributed by atoms with Crippen LogP contribution in [0.1, 0.15) is 12.0 Å². The zero-order valence-electron chi connectivity index (χ0n) is 11.2. The van der Waals surface area contributed by atoms with Crippen LogP contribution in [-0.4, -0.2) is 50.7 Å². The molecule has 0 aromatic heterocycles. The van der Waals surface area contributed by atoms with Crippen molar-refractivity contribution in [3.8, 4) is 0 Å². The second-order valence-corrected chi connectivity index (χ2v) is 9.42. The van der Waals surface area contributed by atoms with Crippen LogP contribution in [0, 0.1) is 0 Å². The highest BCUT2D eigenvalue weighted by atomic mass is 32.2. The second-order valence-electron chi connectivity index (χ2n) is 4.78. The smallest absolute Gasteiger partial charge is 0.214 e. The van der Waals surface area contributed by atoms with Crippen molar-refractivity contribution in [3.05, 3.63) is 29.8 Å². The van der Waals surface area contributed by atoms with Gasteiger partial charge in [-0.3, -0.25) is 0 Å². The van der Waals surface area contributed by atoms with E-state index in [0.717, 1.165) is 0 Å². The summed E-state index contributed by atoms with van der Waals surface area (Å²) in [6.45, 7) is 0.354. The first-order valence-electron chi connectivity index (χ1n) is 6.33. The summed E-state index contributed by atoms with van der Waals surface area (Å²) in [6.07, 6.45) is 0.541. The third-order valence-corrected chi connectivity index (χ3v) is 7.17. The van der Waals surface area contributed by atoms with Crippen LogP contribution in [0.2, 0.25) is 0 Å². The Morgan fingerprint density at radius 2 is 2.10 bits per heavy atom. The number of nitrogens with zero attached hydrogens (tertiary/aromatic N) is 1. The number of sulfonamides is 1. The molecule has 1 aliphatic heterocycles. The van der Waals surface area contributed by atoms with Crippen molar-refractivity contribution in [2.75, 3.05) is 24.6 Å². The van der Waals surface area contributed by atoms with Gasteiger partial charge in [0.1, 0.15) is 4.99 Å². The van der Waals surface area contributed by atoms with E-state index >= 15 is 0 Å². The molecule has 1 heterocycles. The summed E-state index contributed by atoms with van der Waals surface area (Å²) in [7, 11) is -6.86.